The number of benzene rings is 1. The predicted molar refractivity (Wildman–Crippen MR) is 101 cm³/mol. The topological polar surface area (TPSA) is 56.1 Å². The summed E-state index contributed by atoms with van der Waals surface area (Å²) >= 11 is 7.94. The molecule has 2 rings (SSSR count). The molecule has 23 heavy (non-hydrogen) atoms. The molecule has 0 aliphatic rings. The highest BCUT2D eigenvalue weighted by atomic mass is 32.2. The summed E-state index contributed by atoms with van der Waals surface area (Å²) in [5.41, 5.74) is 0.362. The zero-order valence-electron chi connectivity index (χ0n) is 12.3. The maximum atomic E-state index is 12.4. The Labute approximate surface area is 149 Å². The highest BCUT2D eigenvalue weighted by molar-refractivity contribution is 8.47. The maximum absolute atomic E-state index is 12.4. The van der Waals surface area contributed by atoms with E-state index in [1.165, 1.54) is 54.1 Å². The fraction of sp³-hybridized carbons (Fsp3) is 0.200. The Morgan fingerprint density at radius 2 is 1.87 bits per heavy atom. The molecule has 0 amide bonds. The van der Waals surface area contributed by atoms with Crippen LogP contribution < -0.4 is 0 Å². The first kappa shape index (κ1) is 18.3. The molecule has 0 bridgehead atoms. The van der Waals surface area contributed by atoms with Gasteiger partial charge in [-0.25, -0.2) is 12.4 Å². The van der Waals surface area contributed by atoms with E-state index in [0.29, 0.717) is 5.56 Å². The third kappa shape index (κ3) is 4.69. The molecule has 8 heteroatoms. The minimum absolute atomic E-state index is 0.143. The third-order valence-electron chi connectivity index (χ3n) is 2.89. The van der Waals surface area contributed by atoms with Gasteiger partial charge >= 0.3 is 0 Å². The number of carbonyl (C=O) groups is 1. The van der Waals surface area contributed by atoms with E-state index in [9.17, 15) is 13.2 Å². The molecule has 0 radical (unpaired) electrons. The molecule has 0 spiro atoms. The van der Waals surface area contributed by atoms with Crippen LogP contribution in [0.25, 0.3) is 0 Å². The fourth-order valence-electron chi connectivity index (χ4n) is 1.77. The van der Waals surface area contributed by atoms with E-state index in [1.807, 2.05) is 6.92 Å². The summed E-state index contributed by atoms with van der Waals surface area (Å²) < 4.78 is 26.7. The number of hydrogen-bond donors (Lipinski definition) is 0. The number of carbonyl (C=O) groups excluding carboxylic acids is 1. The van der Waals surface area contributed by atoms with Crippen LogP contribution in [0.15, 0.2) is 53.7 Å². The zero-order valence-corrected chi connectivity index (χ0v) is 15.6. The van der Waals surface area contributed by atoms with Crippen LogP contribution in [0.3, 0.4) is 0 Å². The van der Waals surface area contributed by atoms with Crippen molar-refractivity contribution in [2.75, 3.05) is 11.5 Å². The van der Waals surface area contributed by atoms with Gasteiger partial charge in [0.15, 0.2) is 5.78 Å². The zero-order chi connectivity index (χ0) is 16.9. The van der Waals surface area contributed by atoms with Crippen LogP contribution >= 0.6 is 35.7 Å². The molecule has 0 unspecified atom stereocenters. The molecule has 2 aromatic rings. The minimum Gasteiger partial charge on any atom is -0.293 e. The molecule has 0 saturated carbocycles. The van der Waals surface area contributed by atoms with E-state index < -0.39 is 10.0 Å². The first-order valence-electron chi connectivity index (χ1n) is 6.76. The molecule has 0 fully saturated rings. The summed E-state index contributed by atoms with van der Waals surface area (Å²) in [4.78, 5) is 12.3. The lowest BCUT2D eigenvalue weighted by Crippen LogP contribution is -2.11. The van der Waals surface area contributed by atoms with Crippen molar-refractivity contribution in [3.8, 4) is 0 Å². The van der Waals surface area contributed by atoms with Crippen molar-refractivity contribution in [1.82, 2.24) is 3.97 Å². The standard InChI is InChI=1S/C15H15NO3S4/c1-2-21-15(20)22-11-14(17)12-8-9-16(10-12)23(18,19)13-6-4-3-5-7-13/h3-10H,2,11H2,1H3. The van der Waals surface area contributed by atoms with Gasteiger partial charge in [-0.1, -0.05) is 49.1 Å². The van der Waals surface area contributed by atoms with Crippen molar-refractivity contribution in [2.24, 2.45) is 0 Å². The number of thioether (sulfide) groups is 2. The molecule has 0 saturated heterocycles. The Balaban J connectivity index is 2.11. The van der Waals surface area contributed by atoms with E-state index in [1.54, 1.807) is 18.2 Å². The van der Waals surface area contributed by atoms with Crippen molar-refractivity contribution in [3.63, 3.8) is 0 Å². The number of ketones is 1. The van der Waals surface area contributed by atoms with Crippen LogP contribution in [0, 0.1) is 0 Å². The van der Waals surface area contributed by atoms with Crippen molar-refractivity contribution >= 4 is 55.1 Å². The van der Waals surface area contributed by atoms with Gasteiger partial charge in [0, 0.05) is 18.0 Å². The van der Waals surface area contributed by atoms with Crippen LogP contribution in [0.5, 0.6) is 0 Å². The quantitative estimate of drug-likeness (QED) is 0.558. The van der Waals surface area contributed by atoms with Gasteiger partial charge in [-0.3, -0.25) is 4.79 Å². The van der Waals surface area contributed by atoms with Crippen LogP contribution in [-0.2, 0) is 10.0 Å². The minimum atomic E-state index is -3.66. The number of nitrogens with zero attached hydrogens (tertiary/aromatic N) is 1. The number of hydrogen-bond acceptors (Lipinski definition) is 6. The molecule has 0 aliphatic heterocycles. The number of rotatable bonds is 6. The summed E-state index contributed by atoms with van der Waals surface area (Å²) in [5.74, 6) is 0.934. The molecule has 4 nitrogen and oxygen atoms in total. The predicted octanol–water partition coefficient (Wildman–Crippen LogP) is 3.68. The van der Waals surface area contributed by atoms with Gasteiger partial charge in [0.2, 0.25) is 0 Å². The van der Waals surface area contributed by atoms with Gasteiger partial charge in [0.25, 0.3) is 10.0 Å². The first-order chi connectivity index (χ1) is 10.9. The first-order valence-corrected chi connectivity index (χ1v) is 10.6. The Morgan fingerprint density at radius 1 is 1.17 bits per heavy atom. The molecular weight excluding hydrogens is 370 g/mol. The summed E-state index contributed by atoms with van der Waals surface area (Å²) in [6.07, 6.45) is 2.74. The van der Waals surface area contributed by atoms with Gasteiger partial charge < -0.3 is 0 Å². The molecule has 122 valence electrons. The third-order valence-corrected chi connectivity index (χ3v) is 7.12. The van der Waals surface area contributed by atoms with Crippen molar-refractivity contribution in [1.29, 1.82) is 0 Å². The normalized spacial score (nSPS) is 11.3. The highest BCUT2D eigenvalue weighted by Crippen LogP contribution is 2.19. The lowest BCUT2D eigenvalue weighted by Gasteiger charge is -2.05. The van der Waals surface area contributed by atoms with E-state index in [4.69, 9.17) is 12.2 Å². The SMILES string of the molecule is CCSC(=S)SCC(=O)c1ccn(S(=O)(=O)c2ccccc2)c1. The smallest absolute Gasteiger partial charge is 0.267 e. The van der Waals surface area contributed by atoms with Crippen LogP contribution in [0.1, 0.15) is 17.3 Å². The van der Waals surface area contributed by atoms with Crippen molar-refractivity contribution in [2.45, 2.75) is 11.8 Å². The molecule has 1 aromatic heterocycles. The highest BCUT2D eigenvalue weighted by Gasteiger charge is 2.18. The molecule has 1 heterocycles. The monoisotopic (exact) mass is 385 g/mol. The van der Waals surface area contributed by atoms with Gasteiger partial charge in [-0.2, -0.15) is 0 Å². The Hall–Kier alpha value is -1.09. The molecule has 0 aliphatic carbocycles. The molecule has 0 N–H and O–H groups in total. The number of aromatic nitrogens is 1. The van der Waals surface area contributed by atoms with Gasteiger partial charge in [0.1, 0.15) is 3.53 Å². The Bertz CT molecular complexity index is 797. The van der Waals surface area contributed by atoms with Crippen molar-refractivity contribution < 1.29 is 13.2 Å². The van der Waals surface area contributed by atoms with E-state index in [2.05, 4.69) is 0 Å². The average Bonchev–Trinajstić information content (AvgIpc) is 3.04. The summed E-state index contributed by atoms with van der Waals surface area (Å²) in [6, 6.07) is 9.62. The van der Waals surface area contributed by atoms with Crippen LogP contribution in [0.2, 0.25) is 0 Å². The van der Waals surface area contributed by atoms with E-state index in [0.717, 1.165) is 13.3 Å². The van der Waals surface area contributed by atoms with Crippen LogP contribution in [-0.4, -0.2) is 33.2 Å². The molecular formula is C15H15NO3S4. The maximum Gasteiger partial charge on any atom is 0.267 e. The van der Waals surface area contributed by atoms with Gasteiger partial charge in [-0.05, 0) is 24.0 Å². The number of thiocarbonyl (C=S) groups is 1. The van der Waals surface area contributed by atoms with E-state index >= 15 is 0 Å². The Morgan fingerprint density at radius 3 is 2.52 bits per heavy atom. The second kappa shape index (κ2) is 8.14. The lowest BCUT2D eigenvalue weighted by molar-refractivity contribution is 0.102. The number of Topliss-reactive ketones (excluding diaryl/α,β-unsaturated/α-hetero) is 1. The van der Waals surface area contributed by atoms with Crippen molar-refractivity contribution in [3.05, 3.63) is 54.4 Å². The molecule has 1 aromatic carbocycles. The van der Waals surface area contributed by atoms with Crippen LogP contribution in [0.4, 0.5) is 0 Å². The second-order valence-electron chi connectivity index (χ2n) is 4.44. The Kier molecular flexibility index (Phi) is 6.46. The summed E-state index contributed by atoms with van der Waals surface area (Å²) in [6.45, 7) is 1.99. The summed E-state index contributed by atoms with van der Waals surface area (Å²) in [5, 5.41) is 0. The lowest BCUT2D eigenvalue weighted by atomic mass is 10.2. The fourth-order valence-corrected chi connectivity index (χ4v) is 5.04. The van der Waals surface area contributed by atoms with Gasteiger partial charge in [0.05, 0.1) is 10.6 Å². The van der Waals surface area contributed by atoms with Gasteiger partial charge in [-0.15, -0.1) is 11.8 Å². The summed E-state index contributed by atoms with van der Waals surface area (Å²) in [7, 11) is -3.66. The van der Waals surface area contributed by atoms with E-state index in [-0.39, 0.29) is 16.4 Å². The average molecular weight is 386 g/mol. The molecule has 0 atom stereocenters. The second-order valence-corrected chi connectivity index (χ2v) is 9.73. The largest absolute Gasteiger partial charge is 0.293 e.